The Morgan fingerprint density at radius 1 is 1.28 bits per heavy atom. The summed E-state index contributed by atoms with van der Waals surface area (Å²) in [6.07, 6.45) is -3.28. The van der Waals surface area contributed by atoms with Crippen molar-refractivity contribution in [1.29, 1.82) is 0 Å². The lowest BCUT2D eigenvalue weighted by Crippen LogP contribution is -2.35. The highest BCUT2D eigenvalue weighted by Crippen LogP contribution is 2.32. The third-order valence-electron chi connectivity index (χ3n) is 5.46. The number of carbonyl (C=O) groups excluding carboxylic acids is 1. The van der Waals surface area contributed by atoms with Gasteiger partial charge in [0, 0.05) is 12.5 Å². The summed E-state index contributed by atoms with van der Waals surface area (Å²) in [7, 11) is 0. The average molecular weight is 451 g/mol. The summed E-state index contributed by atoms with van der Waals surface area (Å²) in [6.45, 7) is 8.97. The number of aryl methyl sites for hydroxylation is 1. The highest BCUT2D eigenvalue weighted by molar-refractivity contribution is 5.91. The van der Waals surface area contributed by atoms with Crippen LogP contribution in [0.15, 0.2) is 22.7 Å². The molecule has 0 bridgehead atoms. The van der Waals surface area contributed by atoms with Crippen LogP contribution in [0.3, 0.4) is 0 Å². The van der Waals surface area contributed by atoms with Crippen LogP contribution in [0.1, 0.15) is 44.2 Å². The van der Waals surface area contributed by atoms with Gasteiger partial charge in [0.15, 0.2) is 0 Å². The summed E-state index contributed by atoms with van der Waals surface area (Å²) >= 11 is 0. The van der Waals surface area contributed by atoms with Crippen LogP contribution in [0.25, 0.3) is 16.9 Å². The van der Waals surface area contributed by atoms with E-state index in [9.17, 15) is 18.0 Å². The number of hydrogen-bond donors (Lipinski definition) is 0. The number of rotatable bonds is 5. The molecule has 4 rings (SSSR count). The van der Waals surface area contributed by atoms with Crippen molar-refractivity contribution in [3.8, 4) is 11.7 Å². The number of alkyl halides is 3. The molecule has 0 amide bonds. The van der Waals surface area contributed by atoms with Gasteiger partial charge in [0.2, 0.25) is 5.89 Å². The van der Waals surface area contributed by atoms with Crippen molar-refractivity contribution in [3.05, 3.63) is 29.8 Å². The van der Waals surface area contributed by atoms with E-state index in [4.69, 9.17) is 4.52 Å². The molecule has 3 aromatic rings. The third-order valence-corrected chi connectivity index (χ3v) is 5.46. The standard InChI is InChI=1S/C21H24F3N5O3/c1-12(2)11-28-9-7-14(8-10-28)18-25-20(27-32-18)29-15-5-4-6-16(17(15)13(3)26-29)31-19(30)21(22,23)24/h4-6,12,14H,7-11H2,1-3H3. The molecule has 1 aromatic carbocycles. The number of fused-ring (bicyclic) bond motifs is 1. The van der Waals surface area contributed by atoms with E-state index in [1.54, 1.807) is 13.0 Å². The number of nitrogens with zero attached hydrogens (tertiary/aromatic N) is 5. The van der Waals surface area contributed by atoms with Crippen molar-refractivity contribution in [2.75, 3.05) is 19.6 Å². The minimum absolute atomic E-state index is 0.144. The van der Waals surface area contributed by atoms with Gasteiger partial charge in [0.05, 0.1) is 16.6 Å². The maximum absolute atomic E-state index is 12.6. The molecule has 0 radical (unpaired) electrons. The quantitative estimate of drug-likeness (QED) is 0.428. The van der Waals surface area contributed by atoms with Gasteiger partial charge in [-0.05, 0) is 56.1 Å². The molecule has 172 valence electrons. The maximum atomic E-state index is 12.6. The van der Waals surface area contributed by atoms with Crippen molar-refractivity contribution in [1.82, 2.24) is 24.8 Å². The fourth-order valence-electron chi connectivity index (χ4n) is 4.07. The normalized spacial score (nSPS) is 16.2. The van der Waals surface area contributed by atoms with Crippen LogP contribution in [-0.2, 0) is 4.79 Å². The lowest BCUT2D eigenvalue weighted by Gasteiger charge is -2.31. The second kappa shape index (κ2) is 8.53. The molecule has 1 saturated heterocycles. The zero-order chi connectivity index (χ0) is 23.0. The number of halogens is 3. The predicted molar refractivity (Wildman–Crippen MR) is 109 cm³/mol. The molecule has 2 aromatic heterocycles. The second-order valence-corrected chi connectivity index (χ2v) is 8.44. The van der Waals surface area contributed by atoms with Crippen LogP contribution in [-0.4, -0.2) is 56.6 Å². The number of esters is 1. The minimum Gasteiger partial charge on any atom is -0.419 e. The third kappa shape index (κ3) is 4.47. The Bertz CT molecular complexity index is 1110. The van der Waals surface area contributed by atoms with Gasteiger partial charge in [-0.1, -0.05) is 19.9 Å². The van der Waals surface area contributed by atoms with E-state index in [0.717, 1.165) is 32.5 Å². The summed E-state index contributed by atoms with van der Waals surface area (Å²) in [4.78, 5) is 18.2. The van der Waals surface area contributed by atoms with Gasteiger partial charge in [0.25, 0.3) is 5.95 Å². The van der Waals surface area contributed by atoms with Gasteiger partial charge in [-0.15, -0.1) is 0 Å². The van der Waals surface area contributed by atoms with Crippen LogP contribution < -0.4 is 4.74 Å². The minimum atomic E-state index is -5.10. The first-order valence-electron chi connectivity index (χ1n) is 10.5. The lowest BCUT2D eigenvalue weighted by atomic mass is 9.96. The Labute approximate surface area is 182 Å². The summed E-state index contributed by atoms with van der Waals surface area (Å²) in [6, 6.07) is 4.41. The van der Waals surface area contributed by atoms with Crippen LogP contribution in [0.4, 0.5) is 13.2 Å². The molecular weight excluding hydrogens is 427 g/mol. The fraction of sp³-hybridized carbons (Fsp3) is 0.524. The Kier molecular flexibility index (Phi) is 5.93. The number of likely N-dealkylation sites (tertiary alicyclic amines) is 1. The highest BCUT2D eigenvalue weighted by atomic mass is 19.4. The van der Waals surface area contributed by atoms with Crippen molar-refractivity contribution in [2.45, 2.75) is 45.7 Å². The van der Waals surface area contributed by atoms with Crippen molar-refractivity contribution >= 4 is 16.9 Å². The van der Waals surface area contributed by atoms with E-state index in [1.165, 1.54) is 16.8 Å². The molecule has 1 aliphatic rings. The Morgan fingerprint density at radius 2 is 2.00 bits per heavy atom. The smallest absolute Gasteiger partial charge is 0.419 e. The molecule has 0 N–H and O–H groups in total. The Hall–Kier alpha value is -2.95. The second-order valence-electron chi connectivity index (χ2n) is 8.44. The number of hydrogen-bond acceptors (Lipinski definition) is 7. The van der Waals surface area contributed by atoms with E-state index in [0.29, 0.717) is 23.0 Å². The SMILES string of the molecule is Cc1nn(-c2noc(C3CCN(CC(C)C)CC3)n2)c2cccc(OC(=O)C(F)(F)F)c12. The van der Waals surface area contributed by atoms with Gasteiger partial charge in [-0.25, -0.2) is 4.79 Å². The zero-order valence-electron chi connectivity index (χ0n) is 18.0. The summed E-state index contributed by atoms with van der Waals surface area (Å²) in [5, 5.41) is 8.66. The molecule has 0 spiro atoms. The molecule has 0 atom stereocenters. The summed E-state index contributed by atoms with van der Waals surface area (Å²) < 4.78 is 49.4. The first-order valence-corrected chi connectivity index (χ1v) is 10.5. The van der Waals surface area contributed by atoms with Crippen LogP contribution in [0.2, 0.25) is 0 Å². The fourth-order valence-corrected chi connectivity index (χ4v) is 4.07. The number of ether oxygens (including phenoxy) is 1. The van der Waals surface area contributed by atoms with Gasteiger partial charge >= 0.3 is 12.1 Å². The van der Waals surface area contributed by atoms with Crippen LogP contribution in [0, 0.1) is 12.8 Å². The molecular formula is C21H24F3N5O3. The molecule has 1 aliphatic heterocycles. The van der Waals surface area contributed by atoms with Gasteiger partial charge < -0.3 is 14.2 Å². The average Bonchev–Trinajstić information content (AvgIpc) is 3.33. The number of benzene rings is 1. The van der Waals surface area contributed by atoms with Gasteiger partial charge in [-0.2, -0.15) is 27.9 Å². The molecule has 0 aliphatic carbocycles. The van der Waals surface area contributed by atoms with E-state index < -0.39 is 12.1 Å². The number of aromatic nitrogens is 4. The molecule has 0 unspecified atom stereocenters. The molecule has 11 heteroatoms. The van der Waals surface area contributed by atoms with E-state index in [-0.39, 0.29) is 23.0 Å². The van der Waals surface area contributed by atoms with Crippen LogP contribution in [0.5, 0.6) is 5.75 Å². The Balaban J connectivity index is 1.57. The van der Waals surface area contributed by atoms with Crippen molar-refractivity contribution in [2.24, 2.45) is 5.92 Å². The lowest BCUT2D eigenvalue weighted by molar-refractivity contribution is -0.189. The first kappa shape index (κ1) is 22.3. The van der Waals surface area contributed by atoms with Crippen molar-refractivity contribution < 1.29 is 27.2 Å². The number of piperidine rings is 1. The molecule has 0 saturated carbocycles. The first-order chi connectivity index (χ1) is 15.1. The topological polar surface area (TPSA) is 86.3 Å². The summed E-state index contributed by atoms with van der Waals surface area (Å²) in [5.74, 6) is -1.06. The summed E-state index contributed by atoms with van der Waals surface area (Å²) in [5.41, 5.74) is 0.785. The molecule has 3 heterocycles. The maximum Gasteiger partial charge on any atom is 0.491 e. The van der Waals surface area contributed by atoms with Gasteiger partial charge in [-0.3, -0.25) is 0 Å². The zero-order valence-corrected chi connectivity index (χ0v) is 18.0. The molecule has 8 nitrogen and oxygen atoms in total. The van der Waals surface area contributed by atoms with E-state index in [1.807, 2.05) is 0 Å². The molecule has 1 fully saturated rings. The Morgan fingerprint density at radius 3 is 2.66 bits per heavy atom. The largest absolute Gasteiger partial charge is 0.491 e. The van der Waals surface area contributed by atoms with E-state index in [2.05, 4.69) is 38.7 Å². The molecule has 32 heavy (non-hydrogen) atoms. The van der Waals surface area contributed by atoms with Crippen LogP contribution >= 0.6 is 0 Å². The highest BCUT2D eigenvalue weighted by Gasteiger charge is 2.41. The predicted octanol–water partition coefficient (Wildman–Crippen LogP) is 4.02. The monoisotopic (exact) mass is 451 g/mol. The van der Waals surface area contributed by atoms with Crippen molar-refractivity contribution in [3.63, 3.8) is 0 Å². The van der Waals surface area contributed by atoms with E-state index >= 15 is 0 Å². The van der Waals surface area contributed by atoms with Gasteiger partial charge in [0.1, 0.15) is 5.75 Å². The number of carbonyl (C=O) groups is 1.